The number of thiol groups is 1. The van der Waals surface area contributed by atoms with Crippen LogP contribution >= 0.6 is 12.9 Å². The lowest BCUT2D eigenvalue weighted by Crippen LogP contribution is -2.23. The zero-order valence-electron chi connectivity index (χ0n) is 9.19. The van der Waals surface area contributed by atoms with Crippen molar-refractivity contribution in [3.8, 4) is 5.75 Å². The molecule has 3 nitrogen and oxygen atoms in total. The highest BCUT2D eigenvalue weighted by atomic mass is 32.1. The highest BCUT2D eigenvalue weighted by Crippen LogP contribution is 2.24. The molecule has 0 aromatic heterocycles. The first kappa shape index (κ1) is 12.4. The Hall–Kier alpha value is -1.07. The number of hydrogen-bond donors (Lipinski definition) is 1. The standard InChI is InChI=1S/C12H13FO3S/c13-10-5-9(6-11(7-10)16-17)12(14)8-1-3-15-4-2-8/h5-8,17H,1-4H2. The van der Waals surface area contributed by atoms with Gasteiger partial charge in [-0.15, -0.1) is 0 Å². The smallest absolute Gasteiger partial charge is 0.166 e. The molecular formula is C12H13FO3S. The van der Waals surface area contributed by atoms with Crippen molar-refractivity contribution in [2.75, 3.05) is 13.2 Å². The van der Waals surface area contributed by atoms with Crippen LogP contribution in [0.2, 0.25) is 0 Å². The number of benzene rings is 1. The van der Waals surface area contributed by atoms with Gasteiger partial charge in [0.15, 0.2) is 5.78 Å². The van der Waals surface area contributed by atoms with Crippen molar-refractivity contribution in [2.45, 2.75) is 12.8 Å². The minimum atomic E-state index is -0.494. The van der Waals surface area contributed by atoms with E-state index in [0.717, 1.165) is 0 Å². The summed E-state index contributed by atoms with van der Waals surface area (Å²) < 4.78 is 23.1. The van der Waals surface area contributed by atoms with Crippen LogP contribution in [0.4, 0.5) is 4.39 Å². The normalized spacial score (nSPS) is 16.8. The zero-order chi connectivity index (χ0) is 12.3. The molecule has 1 aliphatic rings. The fraction of sp³-hybridized carbons (Fsp3) is 0.417. The molecule has 0 unspecified atom stereocenters. The number of Topliss-reactive ketones (excluding diaryl/α,β-unsaturated/α-hetero) is 1. The number of halogens is 1. The van der Waals surface area contributed by atoms with Crippen molar-refractivity contribution in [1.29, 1.82) is 0 Å². The van der Waals surface area contributed by atoms with Crippen molar-refractivity contribution in [1.82, 2.24) is 0 Å². The van der Waals surface area contributed by atoms with Gasteiger partial charge in [0.05, 0.1) is 0 Å². The van der Waals surface area contributed by atoms with E-state index in [1.54, 1.807) is 0 Å². The Kier molecular flexibility index (Phi) is 4.02. The van der Waals surface area contributed by atoms with E-state index in [-0.39, 0.29) is 17.5 Å². The second-order valence-electron chi connectivity index (χ2n) is 4.02. The van der Waals surface area contributed by atoms with Gasteiger partial charge in [0.1, 0.15) is 11.6 Å². The van der Waals surface area contributed by atoms with Crippen LogP contribution in [0.25, 0.3) is 0 Å². The minimum absolute atomic E-state index is 0.0561. The summed E-state index contributed by atoms with van der Waals surface area (Å²) in [6, 6.07) is 3.93. The van der Waals surface area contributed by atoms with E-state index in [2.05, 4.69) is 17.1 Å². The van der Waals surface area contributed by atoms with Crippen molar-refractivity contribution < 1.29 is 18.1 Å². The third-order valence-corrected chi connectivity index (χ3v) is 3.06. The van der Waals surface area contributed by atoms with E-state index in [0.29, 0.717) is 31.6 Å². The highest BCUT2D eigenvalue weighted by Gasteiger charge is 2.23. The predicted molar refractivity (Wildman–Crippen MR) is 63.9 cm³/mol. The van der Waals surface area contributed by atoms with Gasteiger partial charge in [-0.05, 0) is 25.0 Å². The number of ketones is 1. The Labute approximate surface area is 105 Å². The molecule has 0 spiro atoms. The fourth-order valence-electron chi connectivity index (χ4n) is 1.95. The summed E-state index contributed by atoms with van der Waals surface area (Å²) in [4.78, 5) is 12.1. The molecule has 1 saturated heterocycles. The number of ether oxygens (including phenoxy) is 1. The Balaban J connectivity index is 2.20. The van der Waals surface area contributed by atoms with Gasteiger partial charge in [-0.2, -0.15) is 0 Å². The summed E-state index contributed by atoms with van der Waals surface area (Å²) in [5, 5.41) is 0. The first-order valence-corrected chi connectivity index (χ1v) is 5.81. The van der Waals surface area contributed by atoms with Crippen molar-refractivity contribution in [3.63, 3.8) is 0 Å². The van der Waals surface area contributed by atoms with Gasteiger partial charge in [0.25, 0.3) is 0 Å². The van der Waals surface area contributed by atoms with Crippen molar-refractivity contribution in [2.24, 2.45) is 5.92 Å². The van der Waals surface area contributed by atoms with E-state index < -0.39 is 5.82 Å². The quantitative estimate of drug-likeness (QED) is 0.513. The van der Waals surface area contributed by atoms with Gasteiger partial charge < -0.3 is 8.92 Å². The molecule has 0 radical (unpaired) electrons. The second kappa shape index (κ2) is 5.51. The molecule has 1 heterocycles. The molecule has 5 heteroatoms. The topological polar surface area (TPSA) is 35.5 Å². The Morgan fingerprint density at radius 2 is 2.06 bits per heavy atom. The Morgan fingerprint density at radius 3 is 2.71 bits per heavy atom. The maximum absolute atomic E-state index is 13.3. The van der Waals surface area contributed by atoms with Crippen molar-refractivity contribution in [3.05, 3.63) is 29.6 Å². The largest absolute Gasteiger partial charge is 0.429 e. The van der Waals surface area contributed by atoms with Crippen molar-refractivity contribution >= 4 is 18.7 Å². The van der Waals surface area contributed by atoms with Crippen LogP contribution in [0.3, 0.4) is 0 Å². The molecule has 1 fully saturated rings. The Bertz CT molecular complexity index is 416. The number of carbonyl (C=O) groups is 1. The molecule has 1 aromatic carbocycles. The van der Waals surface area contributed by atoms with Gasteiger partial charge in [-0.25, -0.2) is 4.39 Å². The maximum Gasteiger partial charge on any atom is 0.166 e. The second-order valence-corrected chi connectivity index (χ2v) is 4.20. The van der Waals surface area contributed by atoms with Crippen LogP contribution < -0.4 is 4.18 Å². The van der Waals surface area contributed by atoms with Crippen LogP contribution in [0.1, 0.15) is 23.2 Å². The van der Waals surface area contributed by atoms with E-state index in [4.69, 9.17) is 4.74 Å². The minimum Gasteiger partial charge on any atom is -0.429 e. The zero-order valence-corrected chi connectivity index (χ0v) is 10.1. The average molecular weight is 256 g/mol. The number of rotatable bonds is 3. The molecular weight excluding hydrogens is 243 g/mol. The fourth-order valence-corrected chi connectivity index (χ4v) is 2.06. The van der Waals surface area contributed by atoms with Gasteiger partial charge in [0, 0.05) is 43.7 Å². The molecule has 0 atom stereocenters. The lowest BCUT2D eigenvalue weighted by atomic mass is 9.91. The molecule has 1 aliphatic heterocycles. The molecule has 0 N–H and O–H groups in total. The highest BCUT2D eigenvalue weighted by molar-refractivity contribution is 7.75. The molecule has 0 amide bonds. The Morgan fingerprint density at radius 1 is 1.35 bits per heavy atom. The van der Waals surface area contributed by atoms with E-state index in [1.807, 2.05) is 0 Å². The van der Waals surface area contributed by atoms with Gasteiger partial charge in [-0.1, -0.05) is 0 Å². The summed E-state index contributed by atoms with van der Waals surface area (Å²) in [7, 11) is 0. The predicted octanol–water partition coefficient (Wildman–Crippen LogP) is 2.66. The van der Waals surface area contributed by atoms with E-state index in [1.165, 1.54) is 18.2 Å². The maximum atomic E-state index is 13.3. The summed E-state index contributed by atoms with van der Waals surface area (Å²) in [6.07, 6.45) is 1.37. The lowest BCUT2D eigenvalue weighted by molar-refractivity contribution is 0.0544. The first-order valence-electron chi connectivity index (χ1n) is 5.44. The van der Waals surface area contributed by atoms with Gasteiger partial charge in [0.2, 0.25) is 0 Å². The molecule has 1 aromatic rings. The number of hydrogen-bond acceptors (Lipinski definition) is 4. The lowest BCUT2D eigenvalue weighted by Gasteiger charge is -2.20. The molecule has 92 valence electrons. The number of carbonyl (C=O) groups excluding carboxylic acids is 1. The molecule has 0 aliphatic carbocycles. The summed E-state index contributed by atoms with van der Waals surface area (Å²) in [5.74, 6) is -0.395. The monoisotopic (exact) mass is 256 g/mol. The van der Waals surface area contributed by atoms with Gasteiger partial charge >= 0.3 is 0 Å². The van der Waals surface area contributed by atoms with E-state index >= 15 is 0 Å². The van der Waals surface area contributed by atoms with Crippen LogP contribution in [-0.2, 0) is 4.74 Å². The van der Waals surface area contributed by atoms with E-state index in [9.17, 15) is 9.18 Å². The molecule has 17 heavy (non-hydrogen) atoms. The first-order chi connectivity index (χ1) is 8.20. The summed E-state index contributed by atoms with van der Waals surface area (Å²) in [6.45, 7) is 1.17. The van der Waals surface area contributed by atoms with Gasteiger partial charge in [-0.3, -0.25) is 4.79 Å². The molecule has 0 bridgehead atoms. The van der Waals surface area contributed by atoms with Crippen LogP contribution in [0, 0.1) is 11.7 Å². The van der Waals surface area contributed by atoms with Crippen LogP contribution in [0.15, 0.2) is 18.2 Å². The van der Waals surface area contributed by atoms with Crippen LogP contribution in [0.5, 0.6) is 5.75 Å². The molecule has 2 rings (SSSR count). The average Bonchev–Trinajstić information content (AvgIpc) is 2.38. The third-order valence-electron chi connectivity index (χ3n) is 2.85. The molecule has 0 saturated carbocycles. The SMILES string of the molecule is O=C(c1cc(F)cc(OS)c1)C1CCOCC1. The van der Waals surface area contributed by atoms with Crippen LogP contribution in [-0.4, -0.2) is 19.0 Å². The summed E-state index contributed by atoms with van der Waals surface area (Å²) >= 11 is 3.60. The third kappa shape index (κ3) is 2.98. The summed E-state index contributed by atoms with van der Waals surface area (Å²) in [5.41, 5.74) is 0.334.